The standard InChI is InChI=1S/C7H12N2O/c1-2-3-6-4-8-5-7(6)9-10/h2,6,8,10H,1,3-5H2/b9-7+. The van der Waals surface area contributed by atoms with E-state index in [2.05, 4.69) is 17.1 Å². The summed E-state index contributed by atoms with van der Waals surface area (Å²) >= 11 is 0. The van der Waals surface area contributed by atoms with E-state index in [9.17, 15) is 0 Å². The zero-order valence-electron chi connectivity index (χ0n) is 5.88. The normalized spacial score (nSPS) is 29.2. The molecule has 0 spiro atoms. The minimum Gasteiger partial charge on any atom is -0.411 e. The van der Waals surface area contributed by atoms with Gasteiger partial charge >= 0.3 is 0 Å². The third kappa shape index (κ3) is 1.36. The molecule has 0 bridgehead atoms. The molecule has 0 saturated carbocycles. The van der Waals surface area contributed by atoms with Crippen molar-refractivity contribution in [2.45, 2.75) is 6.42 Å². The molecule has 0 aromatic carbocycles. The smallest absolute Gasteiger partial charge is 0.0754 e. The van der Waals surface area contributed by atoms with Crippen LogP contribution in [0.4, 0.5) is 0 Å². The van der Waals surface area contributed by atoms with Crippen LogP contribution in [0.2, 0.25) is 0 Å². The molecule has 0 amide bonds. The first-order chi connectivity index (χ1) is 4.88. The fourth-order valence-electron chi connectivity index (χ4n) is 1.17. The van der Waals surface area contributed by atoms with Gasteiger partial charge in [0.25, 0.3) is 0 Å². The molecule has 56 valence electrons. The zero-order valence-corrected chi connectivity index (χ0v) is 5.88. The Labute approximate surface area is 60.4 Å². The Morgan fingerprint density at radius 1 is 1.90 bits per heavy atom. The van der Waals surface area contributed by atoms with Crippen LogP contribution in [0.1, 0.15) is 6.42 Å². The molecule has 0 aromatic rings. The molecular weight excluding hydrogens is 128 g/mol. The molecule has 10 heavy (non-hydrogen) atoms. The fraction of sp³-hybridized carbons (Fsp3) is 0.571. The van der Waals surface area contributed by atoms with E-state index in [1.807, 2.05) is 6.08 Å². The highest BCUT2D eigenvalue weighted by atomic mass is 16.4. The molecule has 2 N–H and O–H groups in total. The van der Waals surface area contributed by atoms with Crippen LogP contribution >= 0.6 is 0 Å². The van der Waals surface area contributed by atoms with Crippen molar-refractivity contribution in [1.29, 1.82) is 0 Å². The summed E-state index contributed by atoms with van der Waals surface area (Å²) in [5.74, 6) is 0.363. The SMILES string of the molecule is C=CCC1CNC/C1=N\O. The summed E-state index contributed by atoms with van der Waals surface area (Å²) in [7, 11) is 0. The summed E-state index contributed by atoms with van der Waals surface area (Å²) in [6.45, 7) is 5.25. The molecule has 1 aliphatic rings. The van der Waals surface area contributed by atoms with Gasteiger partial charge in [0.05, 0.1) is 5.71 Å². The van der Waals surface area contributed by atoms with E-state index >= 15 is 0 Å². The molecule has 3 nitrogen and oxygen atoms in total. The van der Waals surface area contributed by atoms with Crippen molar-refractivity contribution >= 4 is 5.71 Å². The molecular formula is C7H12N2O. The number of hydrogen-bond acceptors (Lipinski definition) is 3. The van der Waals surface area contributed by atoms with Crippen molar-refractivity contribution in [2.24, 2.45) is 11.1 Å². The lowest BCUT2D eigenvalue weighted by Crippen LogP contribution is -2.10. The van der Waals surface area contributed by atoms with E-state index in [0.29, 0.717) is 5.92 Å². The van der Waals surface area contributed by atoms with Gasteiger partial charge in [-0.1, -0.05) is 11.2 Å². The van der Waals surface area contributed by atoms with Gasteiger partial charge in [0.15, 0.2) is 0 Å². The first-order valence-electron chi connectivity index (χ1n) is 3.41. The topological polar surface area (TPSA) is 44.6 Å². The summed E-state index contributed by atoms with van der Waals surface area (Å²) in [4.78, 5) is 0. The van der Waals surface area contributed by atoms with Gasteiger partial charge < -0.3 is 10.5 Å². The quantitative estimate of drug-likeness (QED) is 0.335. The number of nitrogens with zero attached hydrogens (tertiary/aromatic N) is 1. The largest absolute Gasteiger partial charge is 0.411 e. The third-order valence-electron chi connectivity index (χ3n) is 1.75. The maximum absolute atomic E-state index is 8.48. The molecule has 1 saturated heterocycles. The van der Waals surface area contributed by atoms with Gasteiger partial charge in [0.2, 0.25) is 0 Å². The maximum Gasteiger partial charge on any atom is 0.0754 e. The van der Waals surface area contributed by atoms with Crippen molar-refractivity contribution in [1.82, 2.24) is 5.32 Å². The minimum absolute atomic E-state index is 0.363. The van der Waals surface area contributed by atoms with E-state index < -0.39 is 0 Å². The Kier molecular flexibility index (Phi) is 2.45. The lowest BCUT2D eigenvalue weighted by atomic mass is 10.0. The number of rotatable bonds is 2. The first-order valence-corrected chi connectivity index (χ1v) is 3.41. The molecule has 1 heterocycles. The number of oxime groups is 1. The van der Waals surface area contributed by atoms with Crippen molar-refractivity contribution < 1.29 is 5.21 Å². The second kappa shape index (κ2) is 3.37. The molecule has 0 aromatic heterocycles. The van der Waals surface area contributed by atoms with Gasteiger partial charge in [-0.2, -0.15) is 0 Å². The molecule has 0 aliphatic carbocycles. The molecule has 1 unspecified atom stereocenters. The zero-order chi connectivity index (χ0) is 7.40. The summed E-state index contributed by atoms with van der Waals surface area (Å²) in [5, 5.41) is 14.8. The number of nitrogens with one attached hydrogen (secondary N) is 1. The van der Waals surface area contributed by atoms with E-state index in [4.69, 9.17) is 5.21 Å². The molecule has 1 rings (SSSR count). The Morgan fingerprint density at radius 3 is 3.30 bits per heavy atom. The highest BCUT2D eigenvalue weighted by Gasteiger charge is 2.20. The van der Waals surface area contributed by atoms with Gasteiger partial charge in [-0.3, -0.25) is 0 Å². The Morgan fingerprint density at radius 2 is 2.70 bits per heavy atom. The van der Waals surface area contributed by atoms with Crippen LogP contribution in [0, 0.1) is 5.92 Å². The van der Waals surface area contributed by atoms with Crippen LogP contribution in [0.3, 0.4) is 0 Å². The monoisotopic (exact) mass is 140 g/mol. The Hall–Kier alpha value is -0.830. The first kappa shape index (κ1) is 7.28. The second-order valence-corrected chi connectivity index (χ2v) is 2.44. The van der Waals surface area contributed by atoms with Gasteiger partial charge in [0.1, 0.15) is 0 Å². The highest BCUT2D eigenvalue weighted by molar-refractivity contribution is 5.90. The van der Waals surface area contributed by atoms with Crippen molar-refractivity contribution in [3.63, 3.8) is 0 Å². The summed E-state index contributed by atoms with van der Waals surface area (Å²) in [6.07, 6.45) is 2.75. The minimum atomic E-state index is 0.363. The van der Waals surface area contributed by atoms with E-state index in [0.717, 1.165) is 25.2 Å². The van der Waals surface area contributed by atoms with Crippen molar-refractivity contribution in [3.05, 3.63) is 12.7 Å². The average Bonchev–Trinajstić information content (AvgIpc) is 2.36. The number of hydrogen-bond donors (Lipinski definition) is 2. The Balaban J connectivity index is 2.50. The summed E-state index contributed by atoms with van der Waals surface area (Å²) in [5.41, 5.74) is 0.847. The predicted molar refractivity (Wildman–Crippen MR) is 40.4 cm³/mol. The third-order valence-corrected chi connectivity index (χ3v) is 1.75. The Bertz CT molecular complexity index is 154. The van der Waals surface area contributed by atoms with Crippen LogP contribution in [0.5, 0.6) is 0 Å². The second-order valence-electron chi connectivity index (χ2n) is 2.44. The average molecular weight is 140 g/mol. The van der Waals surface area contributed by atoms with Crippen LogP contribution in [0.25, 0.3) is 0 Å². The van der Waals surface area contributed by atoms with Crippen molar-refractivity contribution in [2.75, 3.05) is 13.1 Å². The van der Waals surface area contributed by atoms with Crippen LogP contribution in [-0.4, -0.2) is 24.0 Å². The van der Waals surface area contributed by atoms with Gasteiger partial charge in [-0.15, -0.1) is 6.58 Å². The maximum atomic E-state index is 8.48. The molecule has 3 heteroatoms. The van der Waals surface area contributed by atoms with E-state index in [-0.39, 0.29) is 0 Å². The fourth-order valence-corrected chi connectivity index (χ4v) is 1.17. The van der Waals surface area contributed by atoms with Crippen molar-refractivity contribution in [3.8, 4) is 0 Å². The van der Waals surface area contributed by atoms with Gasteiger partial charge in [-0.25, -0.2) is 0 Å². The van der Waals surface area contributed by atoms with Crippen LogP contribution in [-0.2, 0) is 0 Å². The molecule has 1 atom stereocenters. The lowest BCUT2D eigenvalue weighted by molar-refractivity contribution is 0.315. The predicted octanol–water partition coefficient (Wildman–Crippen LogP) is 0.612. The lowest BCUT2D eigenvalue weighted by Gasteiger charge is -2.02. The molecule has 0 radical (unpaired) electrons. The number of allylic oxidation sites excluding steroid dienone is 1. The highest BCUT2D eigenvalue weighted by Crippen LogP contribution is 2.09. The van der Waals surface area contributed by atoms with Gasteiger partial charge in [-0.05, 0) is 6.42 Å². The molecule has 1 fully saturated rings. The summed E-state index contributed by atoms with van der Waals surface area (Å²) in [6, 6.07) is 0. The van der Waals surface area contributed by atoms with E-state index in [1.165, 1.54) is 0 Å². The van der Waals surface area contributed by atoms with E-state index in [1.54, 1.807) is 0 Å². The van der Waals surface area contributed by atoms with Crippen LogP contribution < -0.4 is 5.32 Å². The molecule has 1 aliphatic heterocycles. The summed E-state index contributed by atoms with van der Waals surface area (Å²) < 4.78 is 0. The van der Waals surface area contributed by atoms with Crippen LogP contribution in [0.15, 0.2) is 17.8 Å². The van der Waals surface area contributed by atoms with Gasteiger partial charge in [0, 0.05) is 19.0 Å².